The highest BCUT2D eigenvalue weighted by Crippen LogP contribution is 2.27. The molecule has 0 aliphatic heterocycles. The molecule has 0 aliphatic carbocycles. The van der Waals surface area contributed by atoms with Gasteiger partial charge in [0.15, 0.2) is 11.0 Å². The van der Waals surface area contributed by atoms with Crippen LogP contribution in [0.2, 0.25) is 0 Å². The lowest BCUT2D eigenvalue weighted by atomic mass is 10.1. The lowest BCUT2D eigenvalue weighted by Gasteiger charge is -2.10. The van der Waals surface area contributed by atoms with Gasteiger partial charge in [-0.05, 0) is 51.1 Å². The van der Waals surface area contributed by atoms with Crippen molar-refractivity contribution in [2.24, 2.45) is 0 Å². The summed E-state index contributed by atoms with van der Waals surface area (Å²) in [4.78, 5) is 12.9. The third-order valence-electron chi connectivity index (χ3n) is 5.78. The third kappa shape index (κ3) is 4.96. The van der Waals surface area contributed by atoms with E-state index in [1.165, 1.54) is 11.8 Å². The molecular weight excluding hydrogens is 472 g/mol. The van der Waals surface area contributed by atoms with E-state index in [4.69, 9.17) is 4.42 Å². The number of amides is 1. The number of hydrogen-bond acceptors (Lipinski definition) is 6. The normalized spacial score (nSPS) is 11.1. The van der Waals surface area contributed by atoms with Gasteiger partial charge in [-0.2, -0.15) is 5.10 Å². The topological polar surface area (TPSA) is 90.8 Å². The lowest BCUT2D eigenvalue weighted by Crippen LogP contribution is -2.16. The number of aromatic nitrogens is 5. The number of rotatable bonds is 8. The predicted octanol–water partition coefficient (Wildman–Crippen LogP) is 5.43. The highest BCUT2D eigenvalue weighted by atomic mass is 32.2. The van der Waals surface area contributed by atoms with Crippen molar-refractivity contribution in [3.63, 3.8) is 0 Å². The van der Waals surface area contributed by atoms with Crippen LogP contribution in [-0.2, 0) is 11.3 Å². The first-order valence-electron chi connectivity index (χ1n) is 11.6. The van der Waals surface area contributed by atoms with Gasteiger partial charge >= 0.3 is 0 Å². The standard InChI is InChI=1S/C27H26N6O2S/c1-18-9-7-10-21(15-18)26-29-30-27(32(26)16-23-13-8-14-35-23)36-17-24(34)28-25-19(2)31-33(20(25)3)22-11-5-4-6-12-22/h4-15H,16-17H2,1-3H3,(H,28,34). The monoisotopic (exact) mass is 498 g/mol. The summed E-state index contributed by atoms with van der Waals surface area (Å²) in [5.74, 6) is 1.56. The maximum absolute atomic E-state index is 12.9. The minimum Gasteiger partial charge on any atom is -0.467 e. The molecule has 0 saturated carbocycles. The first-order chi connectivity index (χ1) is 17.5. The molecule has 3 aromatic heterocycles. The van der Waals surface area contributed by atoms with E-state index in [0.717, 1.165) is 45.5 Å². The fraction of sp³-hybridized carbons (Fsp3) is 0.185. The number of hydrogen-bond donors (Lipinski definition) is 1. The first kappa shape index (κ1) is 23.6. The Labute approximate surface area is 213 Å². The van der Waals surface area contributed by atoms with Gasteiger partial charge in [-0.15, -0.1) is 10.2 Å². The predicted molar refractivity (Wildman–Crippen MR) is 140 cm³/mol. The summed E-state index contributed by atoms with van der Waals surface area (Å²) >= 11 is 1.34. The fourth-order valence-corrected chi connectivity index (χ4v) is 4.78. The molecule has 0 fully saturated rings. The zero-order chi connectivity index (χ0) is 25.1. The Kier molecular flexibility index (Phi) is 6.73. The molecule has 5 rings (SSSR count). The molecule has 5 aromatic rings. The number of carbonyl (C=O) groups excluding carboxylic acids is 1. The van der Waals surface area contributed by atoms with Crippen LogP contribution in [0.1, 0.15) is 22.7 Å². The lowest BCUT2D eigenvalue weighted by molar-refractivity contribution is -0.113. The number of furan rings is 1. The van der Waals surface area contributed by atoms with Crippen LogP contribution >= 0.6 is 11.8 Å². The van der Waals surface area contributed by atoms with Crippen molar-refractivity contribution in [3.8, 4) is 17.1 Å². The van der Waals surface area contributed by atoms with E-state index in [-0.39, 0.29) is 11.7 Å². The molecule has 2 aromatic carbocycles. The molecule has 36 heavy (non-hydrogen) atoms. The molecule has 3 heterocycles. The van der Waals surface area contributed by atoms with E-state index in [1.807, 2.05) is 90.7 Å². The number of benzene rings is 2. The van der Waals surface area contributed by atoms with Gasteiger partial charge < -0.3 is 9.73 Å². The van der Waals surface area contributed by atoms with Crippen LogP contribution in [0.4, 0.5) is 5.69 Å². The van der Waals surface area contributed by atoms with Crippen molar-refractivity contribution < 1.29 is 9.21 Å². The summed E-state index contributed by atoms with van der Waals surface area (Å²) in [6.45, 7) is 6.35. The molecule has 0 radical (unpaired) electrons. The van der Waals surface area contributed by atoms with Crippen molar-refractivity contribution in [2.75, 3.05) is 11.1 Å². The first-order valence-corrected chi connectivity index (χ1v) is 12.5. The summed E-state index contributed by atoms with van der Waals surface area (Å²) in [6, 6.07) is 21.7. The molecular formula is C27H26N6O2S. The Bertz CT molecular complexity index is 1490. The van der Waals surface area contributed by atoms with E-state index in [9.17, 15) is 4.79 Å². The summed E-state index contributed by atoms with van der Waals surface area (Å²) in [7, 11) is 0. The molecule has 0 spiro atoms. The van der Waals surface area contributed by atoms with Gasteiger partial charge in [-0.1, -0.05) is 53.7 Å². The number of carbonyl (C=O) groups is 1. The van der Waals surface area contributed by atoms with Crippen LogP contribution in [0.15, 0.2) is 82.6 Å². The average Bonchev–Trinajstić information content (AvgIpc) is 3.60. The smallest absolute Gasteiger partial charge is 0.234 e. The molecule has 182 valence electrons. The largest absolute Gasteiger partial charge is 0.467 e. The minimum absolute atomic E-state index is 0.136. The van der Waals surface area contributed by atoms with Crippen molar-refractivity contribution in [1.29, 1.82) is 0 Å². The second-order valence-corrected chi connectivity index (χ2v) is 9.41. The van der Waals surface area contributed by atoms with Crippen LogP contribution in [0.5, 0.6) is 0 Å². The molecule has 8 nitrogen and oxygen atoms in total. The van der Waals surface area contributed by atoms with Crippen LogP contribution in [0.3, 0.4) is 0 Å². The number of anilines is 1. The maximum atomic E-state index is 12.9. The van der Waals surface area contributed by atoms with Gasteiger partial charge in [0.05, 0.1) is 41.3 Å². The number of aryl methyl sites for hydroxylation is 2. The molecule has 1 amide bonds. The van der Waals surface area contributed by atoms with Crippen molar-refractivity contribution in [1.82, 2.24) is 24.5 Å². The Balaban J connectivity index is 1.34. The number of para-hydroxylation sites is 1. The highest BCUT2D eigenvalue weighted by molar-refractivity contribution is 7.99. The quantitative estimate of drug-likeness (QED) is 0.287. The van der Waals surface area contributed by atoms with Crippen molar-refractivity contribution in [3.05, 3.63) is 95.7 Å². The molecule has 1 N–H and O–H groups in total. The van der Waals surface area contributed by atoms with Gasteiger partial charge in [-0.3, -0.25) is 9.36 Å². The Morgan fingerprint density at radius 2 is 1.83 bits per heavy atom. The number of thioether (sulfide) groups is 1. The van der Waals surface area contributed by atoms with Crippen LogP contribution in [0, 0.1) is 20.8 Å². The summed E-state index contributed by atoms with van der Waals surface area (Å²) < 4.78 is 9.39. The van der Waals surface area contributed by atoms with Crippen LogP contribution in [-0.4, -0.2) is 36.2 Å². The van der Waals surface area contributed by atoms with E-state index in [0.29, 0.717) is 11.7 Å². The van der Waals surface area contributed by atoms with E-state index < -0.39 is 0 Å². The fourth-order valence-electron chi connectivity index (χ4n) is 4.04. The maximum Gasteiger partial charge on any atom is 0.234 e. The highest BCUT2D eigenvalue weighted by Gasteiger charge is 2.19. The molecule has 0 saturated heterocycles. The Morgan fingerprint density at radius 1 is 1.00 bits per heavy atom. The van der Waals surface area contributed by atoms with Crippen molar-refractivity contribution in [2.45, 2.75) is 32.5 Å². The minimum atomic E-state index is -0.136. The average molecular weight is 499 g/mol. The molecule has 9 heteroatoms. The molecule has 0 aliphatic rings. The Hall–Kier alpha value is -4.11. The zero-order valence-corrected chi connectivity index (χ0v) is 21.1. The van der Waals surface area contributed by atoms with Crippen LogP contribution < -0.4 is 5.32 Å². The number of nitrogens with one attached hydrogen (secondary N) is 1. The number of nitrogens with zero attached hydrogens (tertiary/aromatic N) is 5. The molecule has 0 unspecified atom stereocenters. The van der Waals surface area contributed by atoms with Gasteiger partial charge in [0.2, 0.25) is 5.91 Å². The Morgan fingerprint density at radius 3 is 2.58 bits per heavy atom. The van der Waals surface area contributed by atoms with Crippen molar-refractivity contribution >= 4 is 23.4 Å². The zero-order valence-electron chi connectivity index (χ0n) is 20.3. The van der Waals surface area contributed by atoms with E-state index >= 15 is 0 Å². The second-order valence-electron chi connectivity index (χ2n) is 8.47. The molecule has 0 bridgehead atoms. The summed E-state index contributed by atoms with van der Waals surface area (Å²) in [6.07, 6.45) is 1.65. The van der Waals surface area contributed by atoms with Gasteiger partial charge in [0.25, 0.3) is 0 Å². The summed E-state index contributed by atoms with van der Waals surface area (Å²) in [5.41, 5.74) is 5.40. The van der Waals surface area contributed by atoms with Crippen LogP contribution in [0.25, 0.3) is 17.1 Å². The van der Waals surface area contributed by atoms with E-state index in [2.05, 4.69) is 26.7 Å². The second kappa shape index (κ2) is 10.2. The van der Waals surface area contributed by atoms with Gasteiger partial charge in [-0.25, -0.2) is 4.68 Å². The van der Waals surface area contributed by atoms with Gasteiger partial charge in [0.1, 0.15) is 5.76 Å². The summed E-state index contributed by atoms with van der Waals surface area (Å²) in [5, 5.41) is 17.1. The third-order valence-corrected chi connectivity index (χ3v) is 6.74. The molecule has 0 atom stereocenters. The SMILES string of the molecule is Cc1cccc(-c2nnc(SCC(=O)Nc3c(C)nn(-c4ccccc4)c3C)n2Cc2ccco2)c1. The van der Waals surface area contributed by atoms with E-state index in [1.54, 1.807) is 6.26 Å². The van der Waals surface area contributed by atoms with Gasteiger partial charge in [0, 0.05) is 5.56 Å².